The van der Waals surface area contributed by atoms with Crippen molar-refractivity contribution >= 4 is 26.5 Å². The summed E-state index contributed by atoms with van der Waals surface area (Å²) < 4.78 is 32.7. The molecular formula is C21H18N2O4S. The SMILES string of the molecule is N#CCc1ccc(OCC(O)CN2c3cccc4cccc(c34)S2(=O)=O)cc1. The first-order valence-electron chi connectivity index (χ1n) is 8.82. The molecule has 0 saturated heterocycles. The van der Waals surface area contributed by atoms with Gasteiger partial charge in [-0.2, -0.15) is 5.26 Å². The van der Waals surface area contributed by atoms with Gasteiger partial charge in [-0.15, -0.1) is 0 Å². The van der Waals surface area contributed by atoms with Crippen LogP contribution < -0.4 is 9.04 Å². The molecule has 3 aromatic carbocycles. The first-order chi connectivity index (χ1) is 13.5. The van der Waals surface area contributed by atoms with E-state index in [1.807, 2.05) is 12.1 Å². The van der Waals surface area contributed by atoms with Crippen molar-refractivity contribution in [2.45, 2.75) is 17.4 Å². The number of nitrogens with zero attached hydrogens (tertiary/aromatic N) is 2. The van der Waals surface area contributed by atoms with E-state index >= 15 is 0 Å². The summed E-state index contributed by atoms with van der Waals surface area (Å²) >= 11 is 0. The maximum absolute atomic E-state index is 12.9. The fraction of sp³-hybridized carbons (Fsp3) is 0.190. The molecule has 0 radical (unpaired) electrons. The molecule has 142 valence electrons. The Morgan fingerprint density at radius 2 is 1.79 bits per heavy atom. The van der Waals surface area contributed by atoms with E-state index in [-0.39, 0.29) is 18.0 Å². The third-order valence-electron chi connectivity index (χ3n) is 4.71. The highest BCUT2D eigenvalue weighted by molar-refractivity contribution is 7.93. The summed E-state index contributed by atoms with van der Waals surface area (Å²) in [6, 6.07) is 19.7. The van der Waals surface area contributed by atoms with Gasteiger partial charge in [0.25, 0.3) is 10.0 Å². The zero-order valence-corrected chi connectivity index (χ0v) is 15.8. The fourth-order valence-electron chi connectivity index (χ4n) is 3.39. The lowest BCUT2D eigenvalue weighted by Gasteiger charge is -2.22. The second-order valence-electron chi connectivity index (χ2n) is 6.61. The lowest BCUT2D eigenvalue weighted by Crippen LogP contribution is -2.37. The lowest BCUT2D eigenvalue weighted by molar-refractivity contribution is 0.115. The van der Waals surface area contributed by atoms with Gasteiger partial charge in [-0.05, 0) is 35.2 Å². The predicted molar refractivity (Wildman–Crippen MR) is 106 cm³/mol. The van der Waals surface area contributed by atoms with Gasteiger partial charge >= 0.3 is 0 Å². The number of β-amino-alcohol motifs (C(OH)–C–C–N with tert-alkyl or cyclic N) is 1. The quantitative estimate of drug-likeness (QED) is 0.694. The van der Waals surface area contributed by atoms with Crippen molar-refractivity contribution in [1.82, 2.24) is 0 Å². The first-order valence-corrected chi connectivity index (χ1v) is 10.3. The molecule has 0 amide bonds. The second-order valence-corrected chi connectivity index (χ2v) is 8.44. The Hall–Kier alpha value is -3.08. The smallest absolute Gasteiger partial charge is 0.265 e. The lowest BCUT2D eigenvalue weighted by atomic mass is 10.1. The van der Waals surface area contributed by atoms with Gasteiger partial charge in [-0.25, -0.2) is 8.42 Å². The van der Waals surface area contributed by atoms with Crippen LogP contribution in [0.3, 0.4) is 0 Å². The van der Waals surface area contributed by atoms with Gasteiger partial charge in [0.1, 0.15) is 18.5 Å². The van der Waals surface area contributed by atoms with Crippen molar-refractivity contribution in [3.63, 3.8) is 0 Å². The normalized spacial score (nSPS) is 15.4. The molecular weight excluding hydrogens is 376 g/mol. The Labute approximate surface area is 163 Å². The van der Waals surface area contributed by atoms with Crippen LogP contribution in [0.4, 0.5) is 5.69 Å². The van der Waals surface area contributed by atoms with Crippen LogP contribution in [0.5, 0.6) is 5.75 Å². The van der Waals surface area contributed by atoms with E-state index in [9.17, 15) is 13.5 Å². The van der Waals surface area contributed by atoms with Gasteiger partial charge in [0.15, 0.2) is 0 Å². The topological polar surface area (TPSA) is 90.6 Å². The molecule has 1 aliphatic heterocycles. The van der Waals surface area contributed by atoms with Crippen LogP contribution in [-0.2, 0) is 16.4 Å². The molecule has 0 bridgehead atoms. The highest BCUT2D eigenvalue weighted by atomic mass is 32.2. The summed E-state index contributed by atoms with van der Waals surface area (Å²) in [5.41, 5.74) is 1.46. The minimum Gasteiger partial charge on any atom is -0.491 e. The molecule has 0 aliphatic carbocycles. The summed E-state index contributed by atoms with van der Waals surface area (Å²) in [4.78, 5) is 0.266. The van der Waals surface area contributed by atoms with E-state index in [2.05, 4.69) is 6.07 Å². The second kappa shape index (κ2) is 7.15. The molecule has 0 saturated carbocycles. The molecule has 3 aromatic rings. The van der Waals surface area contributed by atoms with Gasteiger partial charge in [-0.3, -0.25) is 4.31 Å². The van der Waals surface area contributed by atoms with Crippen molar-refractivity contribution in [3.8, 4) is 11.8 Å². The van der Waals surface area contributed by atoms with E-state index in [0.717, 1.165) is 10.9 Å². The van der Waals surface area contributed by atoms with Crippen molar-refractivity contribution < 1.29 is 18.3 Å². The molecule has 1 aliphatic rings. The summed E-state index contributed by atoms with van der Waals surface area (Å²) in [5, 5.41) is 20.6. The van der Waals surface area contributed by atoms with Crippen LogP contribution in [0.15, 0.2) is 65.6 Å². The summed E-state index contributed by atoms with van der Waals surface area (Å²) in [6.45, 7) is -0.140. The monoisotopic (exact) mass is 394 g/mol. The maximum atomic E-state index is 12.9. The minimum atomic E-state index is -3.70. The molecule has 1 atom stereocenters. The number of rotatable bonds is 6. The number of aliphatic hydroxyl groups is 1. The van der Waals surface area contributed by atoms with Crippen LogP contribution in [-0.4, -0.2) is 32.8 Å². The Balaban J connectivity index is 1.49. The Kier molecular flexibility index (Phi) is 4.67. The maximum Gasteiger partial charge on any atom is 0.265 e. The van der Waals surface area contributed by atoms with Gasteiger partial charge in [0.05, 0.1) is 29.6 Å². The molecule has 1 unspecified atom stereocenters. The predicted octanol–water partition coefficient (Wildman–Crippen LogP) is 2.85. The molecule has 1 N–H and O–H groups in total. The molecule has 7 heteroatoms. The zero-order valence-electron chi connectivity index (χ0n) is 14.9. The number of benzene rings is 3. The average Bonchev–Trinajstić information content (AvgIpc) is 2.91. The van der Waals surface area contributed by atoms with E-state index in [1.54, 1.807) is 48.5 Å². The summed E-state index contributed by atoms with van der Waals surface area (Å²) in [6.07, 6.45) is -0.680. The first kappa shape index (κ1) is 18.3. The highest BCUT2D eigenvalue weighted by Crippen LogP contribution is 2.41. The molecule has 28 heavy (non-hydrogen) atoms. The van der Waals surface area contributed by atoms with Gasteiger partial charge in [-0.1, -0.05) is 36.4 Å². The summed E-state index contributed by atoms with van der Waals surface area (Å²) in [5.74, 6) is 0.551. The Morgan fingerprint density at radius 1 is 1.07 bits per heavy atom. The number of aliphatic hydroxyl groups excluding tert-OH is 1. The Bertz CT molecular complexity index is 1160. The highest BCUT2D eigenvalue weighted by Gasteiger charge is 2.36. The molecule has 0 spiro atoms. The van der Waals surface area contributed by atoms with E-state index in [1.165, 1.54) is 4.31 Å². The van der Waals surface area contributed by atoms with Crippen LogP contribution in [0.2, 0.25) is 0 Å². The van der Waals surface area contributed by atoms with Crippen LogP contribution in [0.25, 0.3) is 10.8 Å². The van der Waals surface area contributed by atoms with Gasteiger partial charge in [0, 0.05) is 5.39 Å². The van der Waals surface area contributed by atoms with Crippen LogP contribution in [0.1, 0.15) is 5.56 Å². The van der Waals surface area contributed by atoms with Gasteiger partial charge < -0.3 is 9.84 Å². The minimum absolute atomic E-state index is 0.0457. The van der Waals surface area contributed by atoms with E-state index in [4.69, 9.17) is 10.00 Å². The van der Waals surface area contributed by atoms with E-state index < -0.39 is 16.1 Å². The van der Waals surface area contributed by atoms with Crippen molar-refractivity contribution in [3.05, 3.63) is 66.2 Å². The average molecular weight is 394 g/mol. The molecule has 1 heterocycles. The van der Waals surface area contributed by atoms with Crippen LogP contribution in [0, 0.1) is 11.3 Å². The third-order valence-corrected chi connectivity index (χ3v) is 6.53. The Morgan fingerprint density at radius 3 is 2.50 bits per heavy atom. The van der Waals surface area contributed by atoms with E-state index in [0.29, 0.717) is 23.2 Å². The molecule has 6 nitrogen and oxygen atoms in total. The third kappa shape index (κ3) is 3.17. The molecule has 0 aromatic heterocycles. The van der Waals surface area contributed by atoms with Crippen molar-refractivity contribution in [2.75, 3.05) is 17.5 Å². The van der Waals surface area contributed by atoms with Crippen molar-refractivity contribution in [2.24, 2.45) is 0 Å². The van der Waals surface area contributed by atoms with Gasteiger partial charge in [0.2, 0.25) is 0 Å². The zero-order chi connectivity index (χ0) is 19.7. The fourth-order valence-corrected chi connectivity index (χ4v) is 5.13. The number of anilines is 1. The molecule has 4 rings (SSSR count). The summed E-state index contributed by atoms with van der Waals surface area (Å²) in [7, 11) is -3.70. The standard InChI is InChI=1S/C21H18N2O4S/c22-12-11-15-7-9-18(10-8-15)27-14-17(24)13-23-19-5-1-3-16-4-2-6-20(21(16)19)28(23,25)26/h1-10,17,24H,11,13-14H2. The number of hydrogen-bond acceptors (Lipinski definition) is 5. The number of sulfonamides is 1. The number of hydrogen-bond donors (Lipinski definition) is 1. The number of ether oxygens (including phenoxy) is 1. The largest absolute Gasteiger partial charge is 0.491 e. The number of nitriles is 1. The van der Waals surface area contributed by atoms with Crippen molar-refractivity contribution in [1.29, 1.82) is 5.26 Å². The van der Waals surface area contributed by atoms with Crippen LogP contribution >= 0.6 is 0 Å². The molecule has 0 fully saturated rings.